The third kappa shape index (κ3) is 3.63. The Kier molecular flexibility index (Phi) is 4.97. The summed E-state index contributed by atoms with van der Waals surface area (Å²) in [5.41, 5.74) is 6.05. The SMILES string of the molecule is CCOc1cc([C@H](N)C(=O)O)ccc1OC(C)C. The van der Waals surface area contributed by atoms with Crippen molar-refractivity contribution in [3.63, 3.8) is 0 Å². The molecule has 0 amide bonds. The molecule has 0 saturated carbocycles. The third-order valence-electron chi connectivity index (χ3n) is 2.26. The molecule has 0 aliphatic rings. The largest absolute Gasteiger partial charge is 0.490 e. The maximum Gasteiger partial charge on any atom is 0.325 e. The molecule has 1 rings (SSSR count). The van der Waals surface area contributed by atoms with Crippen molar-refractivity contribution in [3.05, 3.63) is 23.8 Å². The molecular weight excluding hydrogens is 234 g/mol. The number of carboxylic acid groups (broad SMARTS) is 1. The summed E-state index contributed by atoms with van der Waals surface area (Å²) in [7, 11) is 0. The second-order valence-electron chi connectivity index (χ2n) is 4.12. The van der Waals surface area contributed by atoms with E-state index in [1.165, 1.54) is 0 Å². The van der Waals surface area contributed by atoms with Crippen molar-refractivity contribution in [3.8, 4) is 11.5 Å². The number of ether oxygens (including phenoxy) is 2. The quantitative estimate of drug-likeness (QED) is 0.809. The minimum Gasteiger partial charge on any atom is -0.490 e. The van der Waals surface area contributed by atoms with Crippen LogP contribution in [0, 0.1) is 0 Å². The lowest BCUT2D eigenvalue weighted by atomic mass is 10.1. The molecule has 1 atom stereocenters. The fourth-order valence-electron chi connectivity index (χ4n) is 1.48. The van der Waals surface area contributed by atoms with Crippen molar-refractivity contribution < 1.29 is 19.4 Å². The van der Waals surface area contributed by atoms with Crippen LogP contribution < -0.4 is 15.2 Å². The highest BCUT2D eigenvalue weighted by Crippen LogP contribution is 2.31. The monoisotopic (exact) mass is 253 g/mol. The Bertz CT molecular complexity index is 417. The summed E-state index contributed by atoms with van der Waals surface area (Å²) in [6, 6.07) is 3.87. The Morgan fingerprint density at radius 1 is 1.39 bits per heavy atom. The van der Waals surface area contributed by atoms with Crippen LogP contribution in [0.2, 0.25) is 0 Å². The van der Waals surface area contributed by atoms with Crippen LogP contribution in [0.1, 0.15) is 32.4 Å². The van der Waals surface area contributed by atoms with Gasteiger partial charge in [-0.2, -0.15) is 0 Å². The molecule has 0 aliphatic carbocycles. The molecule has 0 aliphatic heterocycles. The van der Waals surface area contributed by atoms with Crippen LogP contribution in [0.3, 0.4) is 0 Å². The standard InChI is InChI=1S/C13H19NO4/c1-4-17-11-7-9(12(14)13(15)16)5-6-10(11)18-8(2)3/h5-8,12H,4,14H2,1-3H3,(H,15,16)/t12-/m0/s1. The predicted molar refractivity (Wildman–Crippen MR) is 67.9 cm³/mol. The van der Waals surface area contributed by atoms with Crippen molar-refractivity contribution in [1.29, 1.82) is 0 Å². The van der Waals surface area contributed by atoms with E-state index in [9.17, 15) is 4.79 Å². The summed E-state index contributed by atoms with van der Waals surface area (Å²) in [4.78, 5) is 10.8. The normalized spacial score (nSPS) is 12.3. The van der Waals surface area contributed by atoms with Gasteiger partial charge in [-0.3, -0.25) is 4.79 Å². The van der Waals surface area contributed by atoms with E-state index in [4.69, 9.17) is 20.3 Å². The van der Waals surface area contributed by atoms with Crippen LogP contribution >= 0.6 is 0 Å². The number of nitrogens with two attached hydrogens (primary N) is 1. The molecule has 5 heteroatoms. The van der Waals surface area contributed by atoms with Crippen molar-refractivity contribution in [1.82, 2.24) is 0 Å². The van der Waals surface area contributed by atoms with Gasteiger partial charge in [0.1, 0.15) is 6.04 Å². The fraction of sp³-hybridized carbons (Fsp3) is 0.462. The maximum absolute atomic E-state index is 10.8. The number of hydrogen-bond donors (Lipinski definition) is 2. The van der Waals surface area contributed by atoms with Crippen molar-refractivity contribution in [2.45, 2.75) is 32.9 Å². The molecule has 100 valence electrons. The topological polar surface area (TPSA) is 81.8 Å². The van der Waals surface area contributed by atoms with Gasteiger partial charge in [0.2, 0.25) is 0 Å². The molecule has 0 unspecified atom stereocenters. The van der Waals surface area contributed by atoms with Gasteiger partial charge in [-0.15, -0.1) is 0 Å². The van der Waals surface area contributed by atoms with Crippen molar-refractivity contribution >= 4 is 5.97 Å². The highest BCUT2D eigenvalue weighted by molar-refractivity contribution is 5.75. The number of carbonyl (C=O) groups is 1. The van der Waals surface area contributed by atoms with E-state index in [-0.39, 0.29) is 6.10 Å². The summed E-state index contributed by atoms with van der Waals surface area (Å²) >= 11 is 0. The molecule has 1 aromatic rings. The van der Waals surface area contributed by atoms with Gasteiger partial charge in [0.15, 0.2) is 11.5 Å². The molecule has 1 aromatic carbocycles. The average molecular weight is 253 g/mol. The van der Waals surface area contributed by atoms with Crippen LogP contribution in [-0.2, 0) is 4.79 Å². The number of aliphatic carboxylic acids is 1. The molecule has 18 heavy (non-hydrogen) atoms. The van der Waals surface area contributed by atoms with Gasteiger partial charge in [-0.25, -0.2) is 0 Å². The lowest BCUT2D eigenvalue weighted by molar-refractivity contribution is -0.138. The second-order valence-corrected chi connectivity index (χ2v) is 4.12. The Morgan fingerprint density at radius 2 is 2.06 bits per heavy atom. The Morgan fingerprint density at radius 3 is 2.56 bits per heavy atom. The van der Waals surface area contributed by atoms with Gasteiger partial charge < -0.3 is 20.3 Å². The fourth-order valence-corrected chi connectivity index (χ4v) is 1.48. The zero-order chi connectivity index (χ0) is 13.7. The predicted octanol–water partition coefficient (Wildman–Crippen LogP) is 1.96. The smallest absolute Gasteiger partial charge is 0.325 e. The van der Waals surface area contributed by atoms with E-state index in [0.717, 1.165) is 0 Å². The highest BCUT2D eigenvalue weighted by atomic mass is 16.5. The molecular formula is C13H19NO4. The molecule has 0 heterocycles. The van der Waals surface area contributed by atoms with Crippen molar-refractivity contribution in [2.75, 3.05) is 6.61 Å². The van der Waals surface area contributed by atoms with Crippen LogP contribution in [-0.4, -0.2) is 23.8 Å². The molecule has 0 saturated heterocycles. The van der Waals surface area contributed by atoms with Gasteiger partial charge in [0, 0.05) is 0 Å². The molecule has 0 fully saturated rings. The summed E-state index contributed by atoms with van der Waals surface area (Å²) in [6.07, 6.45) is 0.0169. The number of carboxylic acids is 1. The van der Waals surface area contributed by atoms with Gasteiger partial charge in [-0.05, 0) is 38.5 Å². The Labute approximate surface area is 107 Å². The zero-order valence-electron chi connectivity index (χ0n) is 10.8. The molecule has 0 aromatic heterocycles. The molecule has 0 radical (unpaired) electrons. The van der Waals surface area contributed by atoms with Gasteiger partial charge in [0.25, 0.3) is 0 Å². The third-order valence-corrected chi connectivity index (χ3v) is 2.26. The minimum absolute atomic E-state index is 0.0169. The number of benzene rings is 1. The van der Waals surface area contributed by atoms with Crippen molar-refractivity contribution in [2.24, 2.45) is 5.73 Å². The first-order valence-corrected chi connectivity index (χ1v) is 5.87. The zero-order valence-corrected chi connectivity index (χ0v) is 10.8. The van der Waals surface area contributed by atoms with Gasteiger partial charge in [-0.1, -0.05) is 6.07 Å². The Hall–Kier alpha value is -1.75. The second kappa shape index (κ2) is 6.26. The van der Waals surface area contributed by atoms with E-state index >= 15 is 0 Å². The van der Waals surface area contributed by atoms with Gasteiger partial charge >= 0.3 is 5.97 Å². The first kappa shape index (κ1) is 14.3. The van der Waals surface area contributed by atoms with Crippen LogP contribution in [0.25, 0.3) is 0 Å². The average Bonchev–Trinajstić information content (AvgIpc) is 2.30. The Balaban J connectivity index is 3.05. The van der Waals surface area contributed by atoms with E-state index in [0.29, 0.717) is 23.7 Å². The lowest BCUT2D eigenvalue weighted by Gasteiger charge is -2.16. The van der Waals surface area contributed by atoms with E-state index in [1.807, 2.05) is 20.8 Å². The maximum atomic E-state index is 10.8. The number of hydrogen-bond acceptors (Lipinski definition) is 4. The summed E-state index contributed by atoms with van der Waals surface area (Å²) in [5, 5.41) is 8.87. The molecule has 0 bridgehead atoms. The molecule has 0 spiro atoms. The van der Waals surface area contributed by atoms with E-state index < -0.39 is 12.0 Å². The van der Waals surface area contributed by atoms with Crippen LogP contribution in [0.4, 0.5) is 0 Å². The van der Waals surface area contributed by atoms with E-state index in [2.05, 4.69) is 0 Å². The first-order chi connectivity index (χ1) is 8.45. The molecule has 3 N–H and O–H groups in total. The summed E-state index contributed by atoms with van der Waals surface area (Å²) in [5.74, 6) is 0.0311. The van der Waals surface area contributed by atoms with Crippen LogP contribution in [0.15, 0.2) is 18.2 Å². The summed E-state index contributed by atoms with van der Waals surface area (Å²) < 4.78 is 11.0. The molecule has 5 nitrogen and oxygen atoms in total. The minimum atomic E-state index is -1.07. The van der Waals surface area contributed by atoms with E-state index in [1.54, 1.807) is 18.2 Å². The first-order valence-electron chi connectivity index (χ1n) is 5.87. The number of rotatable bonds is 6. The van der Waals surface area contributed by atoms with Gasteiger partial charge in [0.05, 0.1) is 12.7 Å². The van der Waals surface area contributed by atoms with Crippen LogP contribution in [0.5, 0.6) is 11.5 Å². The highest BCUT2D eigenvalue weighted by Gasteiger charge is 2.17. The summed E-state index contributed by atoms with van der Waals surface area (Å²) in [6.45, 7) is 6.14. The lowest BCUT2D eigenvalue weighted by Crippen LogP contribution is -2.20.